The average molecular weight is 387 g/mol. The molecule has 4 nitrogen and oxygen atoms in total. The Morgan fingerprint density at radius 2 is 2.04 bits per heavy atom. The fourth-order valence-electron chi connectivity index (χ4n) is 3.40. The minimum Gasteiger partial charge on any atom is -0.493 e. The molecule has 3 aromatic rings. The Morgan fingerprint density at radius 1 is 1.22 bits per heavy atom. The van der Waals surface area contributed by atoms with E-state index in [-0.39, 0.29) is 11.1 Å². The van der Waals surface area contributed by atoms with Gasteiger partial charge in [-0.15, -0.1) is 0 Å². The number of H-pyrrole nitrogens is 1. The number of hydrogen-bond donors (Lipinski definition) is 1. The van der Waals surface area contributed by atoms with Gasteiger partial charge in [-0.1, -0.05) is 23.7 Å². The van der Waals surface area contributed by atoms with Gasteiger partial charge in [0, 0.05) is 11.6 Å². The third-order valence-corrected chi connectivity index (χ3v) is 5.07. The van der Waals surface area contributed by atoms with Crippen LogP contribution in [0, 0.1) is 5.82 Å². The van der Waals surface area contributed by atoms with Gasteiger partial charge in [0.15, 0.2) is 11.5 Å². The maximum Gasteiger partial charge on any atom is 0.168 e. The van der Waals surface area contributed by atoms with Crippen LogP contribution in [0.5, 0.6) is 11.5 Å². The number of rotatable bonds is 5. The van der Waals surface area contributed by atoms with Crippen molar-refractivity contribution in [3.8, 4) is 11.5 Å². The lowest BCUT2D eigenvalue weighted by Crippen LogP contribution is -2.12. The summed E-state index contributed by atoms with van der Waals surface area (Å²) < 4.78 is 25.3. The molecule has 4 rings (SSSR count). The number of para-hydroxylation sites is 1. The highest BCUT2D eigenvalue weighted by molar-refractivity contribution is 6.31. The standard InChI is InChI=1S/C21H20ClFN2O2/c1-26-19-8-4-5-13(21(19)27-14-6-2-3-7-14)9-10-20-24-17-11-15(22)16(23)12-18(17)25-20/h4-5,8-12,14H,2-3,6-7H2,1H3,(H,24,25)/b10-9+. The maximum atomic E-state index is 13.6. The molecule has 0 radical (unpaired) electrons. The largest absolute Gasteiger partial charge is 0.493 e. The van der Waals surface area contributed by atoms with E-state index in [1.54, 1.807) is 7.11 Å². The van der Waals surface area contributed by atoms with Gasteiger partial charge in [0.2, 0.25) is 0 Å². The summed E-state index contributed by atoms with van der Waals surface area (Å²) in [5, 5.41) is 0.0598. The molecule has 1 aromatic heterocycles. The third-order valence-electron chi connectivity index (χ3n) is 4.78. The van der Waals surface area contributed by atoms with Crippen molar-refractivity contribution in [2.75, 3.05) is 7.11 Å². The van der Waals surface area contributed by atoms with E-state index in [0.29, 0.717) is 22.6 Å². The SMILES string of the molecule is COc1cccc(/C=C/c2nc3cc(Cl)c(F)cc3[nH]2)c1OC1CCCC1. The molecule has 1 saturated carbocycles. The highest BCUT2D eigenvalue weighted by atomic mass is 35.5. The van der Waals surface area contributed by atoms with E-state index in [1.165, 1.54) is 25.0 Å². The lowest BCUT2D eigenvalue weighted by Gasteiger charge is -2.18. The quantitative estimate of drug-likeness (QED) is 0.597. The van der Waals surface area contributed by atoms with Crippen LogP contribution in [0.25, 0.3) is 23.2 Å². The van der Waals surface area contributed by atoms with E-state index in [9.17, 15) is 4.39 Å². The molecule has 0 saturated heterocycles. The second-order valence-corrected chi connectivity index (χ2v) is 7.05. The number of halogens is 2. The number of imidazole rings is 1. The number of aromatic nitrogens is 2. The van der Waals surface area contributed by atoms with Gasteiger partial charge in [-0.2, -0.15) is 0 Å². The predicted molar refractivity (Wildman–Crippen MR) is 106 cm³/mol. The molecule has 1 fully saturated rings. The molecule has 1 aliphatic carbocycles. The number of aromatic amines is 1. The minimum absolute atomic E-state index is 0.0598. The van der Waals surface area contributed by atoms with Crippen LogP contribution in [0.1, 0.15) is 37.1 Å². The van der Waals surface area contributed by atoms with E-state index in [4.69, 9.17) is 21.1 Å². The highest BCUT2D eigenvalue weighted by Crippen LogP contribution is 2.35. The van der Waals surface area contributed by atoms with Crippen molar-refractivity contribution in [3.05, 3.63) is 52.6 Å². The minimum atomic E-state index is -0.469. The summed E-state index contributed by atoms with van der Waals surface area (Å²) in [5.74, 6) is 1.60. The van der Waals surface area contributed by atoms with Gasteiger partial charge in [0.05, 0.1) is 29.3 Å². The number of benzene rings is 2. The van der Waals surface area contributed by atoms with Gasteiger partial charge in [-0.25, -0.2) is 9.37 Å². The van der Waals surface area contributed by atoms with Crippen LogP contribution in [-0.4, -0.2) is 23.2 Å². The maximum absolute atomic E-state index is 13.6. The summed E-state index contributed by atoms with van der Waals surface area (Å²) in [7, 11) is 1.64. The first-order valence-electron chi connectivity index (χ1n) is 9.00. The highest BCUT2D eigenvalue weighted by Gasteiger charge is 2.20. The van der Waals surface area contributed by atoms with E-state index < -0.39 is 5.82 Å². The monoisotopic (exact) mass is 386 g/mol. The molecule has 1 aliphatic rings. The van der Waals surface area contributed by atoms with Crippen LogP contribution >= 0.6 is 11.6 Å². The number of ether oxygens (including phenoxy) is 2. The normalized spacial score (nSPS) is 15.1. The van der Waals surface area contributed by atoms with Crippen LogP contribution in [0.15, 0.2) is 30.3 Å². The Kier molecular flexibility index (Phi) is 5.03. The number of methoxy groups -OCH3 is 1. The Labute approximate surface area is 162 Å². The molecule has 140 valence electrons. The number of nitrogens with one attached hydrogen (secondary N) is 1. The van der Waals surface area contributed by atoms with Gasteiger partial charge >= 0.3 is 0 Å². The first-order chi connectivity index (χ1) is 13.1. The van der Waals surface area contributed by atoms with Gasteiger partial charge in [-0.3, -0.25) is 0 Å². The molecule has 1 N–H and O–H groups in total. The fourth-order valence-corrected chi connectivity index (χ4v) is 3.55. The summed E-state index contributed by atoms with van der Waals surface area (Å²) in [6.45, 7) is 0. The Morgan fingerprint density at radius 3 is 2.81 bits per heavy atom. The van der Waals surface area contributed by atoms with Crippen LogP contribution in [0.3, 0.4) is 0 Å². The van der Waals surface area contributed by atoms with Crippen molar-refractivity contribution in [3.63, 3.8) is 0 Å². The predicted octanol–water partition coefficient (Wildman–Crippen LogP) is 5.86. The molecule has 0 bridgehead atoms. The number of hydrogen-bond acceptors (Lipinski definition) is 3. The van der Waals surface area contributed by atoms with E-state index in [0.717, 1.165) is 24.2 Å². The number of fused-ring (bicyclic) bond motifs is 1. The zero-order valence-corrected chi connectivity index (χ0v) is 15.7. The van der Waals surface area contributed by atoms with Crippen molar-refractivity contribution in [2.24, 2.45) is 0 Å². The second kappa shape index (κ2) is 7.61. The average Bonchev–Trinajstić information content (AvgIpc) is 3.30. The molecule has 2 aromatic carbocycles. The van der Waals surface area contributed by atoms with Crippen LogP contribution < -0.4 is 9.47 Å². The van der Waals surface area contributed by atoms with Gasteiger partial charge < -0.3 is 14.5 Å². The second-order valence-electron chi connectivity index (χ2n) is 6.64. The van der Waals surface area contributed by atoms with Gasteiger partial charge in [0.1, 0.15) is 11.6 Å². The Bertz CT molecular complexity index is 954. The summed E-state index contributed by atoms with van der Waals surface area (Å²) >= 11 is 5.83. The van der Waals surface area contributed by atoms with Crippen molar-refractivity contribution in [2.45, 2.75) is 31.8 Å². The summed E-state index contributed by atoms with van der Waals surface area (Å²) in [4.78, 5) is 7.53. The fraction of sp³-hybridized carbons (Fsp3) is 0.286. The molecule has 0 amide bonds. The lowest BCUT2D eigenvalue weighted by atomic mass is 10.1. The molecular formula is C21H20ClFN2O2. The topological polar surface area (TPSA) is 47.1 Å². The van der Waals surface area contributed by atoms with Crippen molar-refractivity contribution < 1.29 is 13.9 Å². The molecule has 1 heterocycles. The van der Waals surface area contributed by atoms with E-state index in [1.807, 2.05) is 30.4 Å². The first-order valence-corrected chi connectivity index (χ1v) is 9.38. The molecule has 6 heteroatoms. The van der Waals surface area contributed by atoms with Crippen LogP contribution in [0.4, 0.5) is 4.39 Å². The summed E-state index contributed by atoms with van der Waals surface area (Å²) in [5.41, 5.74) is 2.13. The van der Waals surface area contributed by atoms with E-state index in [2.05, 4.69) is 9.97 Å². The Hall–Kier alpha value is -2.53. The smallest absolute Gasteiger partial charge is 0.168 e. The van der Waals surface area contributed by atoms with Crippen LogP contribution in [0.2, 0.25) is 5.02 Å². The third kappa shape index (κ3) is 3.78. The van der Waals surface area contributed by atoms with Gasteiger partial charge in [-0.05, 0) is 50.0 Å². The van der Waals surface area contributed by atoms with Crippen molar-refractivity contribution >= 4 is 34.8 Å². The zero-order chi connectivity index (χ0) is 18.8. The molecule has 27 heavy (non-hydrogen) atoms. The first kappa shape index (κ1) is 17.9. The zero-order valence-electron chi connectivity index (χ0n) is 15.0. The Balaban J connectivity index is 1.65. The van der Waals surface area contributed by atoms with E-state index >= 15 is 0 Å². The van der Waals surface area contributed by atoms with Crippen molar-refractivity contribution in [1.82, 2.24) is 9.97 Å². The summed E-state index contributed by atoms with van der Waals surface area (Å²) in [6.07, 6.45) is 8.51. The number of nitrogens with zero attached hydrogens (tertiary/aromatic N) is 1. The molecule has 0 unspecified atom stereocenters. The van der Waals surface area contributed by atoms with Crippen LogP contribution in [-0.2, 0) is 0 Å². The van der Waals surface area contributed by atoms with Gasteiger partial charge in [0.25, 0.3) is 0 Å². The molecule has 0 spiro atoms. The lowest BCUT2D eigenvalue weighted by molar-refractivity contribution is 0.200. The molecular weight excluding hydrogens is 367 g/mol. The molecule has 0 aliphatic heterocycles. The molecule has 0 atom stereocenters. The van der Waals surface area contributed by atoms with Crippen molar-refractivity contribution in [1.29, 1.82) is 0 Å². The summed E-state index contributed by atoms with van der Waals surface area (Å²) in [6, 6.07) is 8.66.